The van der Waals surface area contributed by atoms with Crippen molar-refractivity contribution >= 4 is 15.8 Å². The van der Waals surface area contributed by atoms with E-state index in [1.54, 1.807) is 43.9 Å². The van der Waals surface area contributed by atoms with Crippen LogP contribution in [0.25, 0.3) is 0 Å². The first-order valence-corrected chi connectivity index (χ1v) is 12.1. The van der Waals surface area contributed by atoms with Crippen molar-refractivity contribution < 1.29 is 13.2 Å². The summed E-state index contributed by atoms with van der Waals surface area (Å²) in [6.07, 6.45) is 6.31. The number of hydrogen-bond donors (Lipinski definition) is 1. The van der Waals surface area contributed by atoms with Crippen molar-refractivity contribution in [1.82, 2.24) is 19.9 Å². The second-order valence-corrected chi connectivity index (χ2v) is 9.17. The van der Waals surface area contributed by atoms with Gasteiger partial charge >= 0.3 is 0 Å². The third-order valence-electron chi connectivity index (χ3n) is 5.04. The molecule has 0 saturated carbocycles. The van der Waals surface area contributed by atoms with Crippen LogP contribution in [0.15, 0.2) is 85.3 Å². The van der Waals surface area contributed by atoms with Crippen molar-refractivity contribution in [3.63, 3.8) is 0 Å². The van der Waals surface area contributed by atoms with Gasteiger partial charge in [0.25, 0.3) is 0 Å². The smallest absolute Gasteiger partial charge is 0.230 e. The van der Waals surface area contributed by atoms with Gasteiger partial charge in [-0.25, -0.2) is 18.4 Å². The zero-order valence-corrected chi connectivity index (χ0v) is 19.0. The summed E-state index contributed by atoms with van der Waals surface area (Å²) < 4.78 is 31.4. The normalized spacial score (nSPS) is 13.2. The molecule has 2 atom stereocenters. The molecule has 33 heavy (non-hydrogen) atoms. The Labute approximate surface area is 192 Å². The van der Waals surface area contributed by atoms with Gasteiger partial charge in [0.2, 0.25) is 15.9 Å². The highest BCUT2D eigenvalue weighted by atomic mass is 32.2. The summed E-state index contributed by atoms with van der Waals surface area (Å²) in [5.41, 5.74) is 3.07. The van der Waals surface area contributed by atoms with Gasteiger partial charge in [-0.3, -0.25) is 14.7 Å². The number of hydrogen-bond acceptors (Lipinski definition) is 7. The van der Waals surface area contributed by atoms with E-state index in [1.165, 1.54) is 0 Å². The van der Waals surface area contributed by atoms with Crippen molar-refractivity contribution in [3.05, 3.63) is 108 Å². The van der Waals surface area contributed by atoms with E-state index >= 15 is 0 Å². The number of nitrogens with one attached hydrogen (secondary N) is 1. The monoisotopic (exact) mass is 461 g/mol. The van der Waals surface area contributed by atoms with E-state index in [4.69, 9.17) is 9.72 Å². The molecular weight excluding hydrogens is 438 g/mol. The lowest BCUT2D eigenvalue weighted by Gasteiger charge is -2.27. The van der Waals surface area contributed by atoms with Crippen LogP contribution in [-0.2, 0) is 10.0 Å². The van der Waals surface area contributed by atoms with Crippen LogP contribution in [0.1, 0.15) is 34.5 Å². The Balaban J connectivity index is 1.93. The predicted octanol–water partition coefficient (Wildman–Crippen LogP) is 3.61. The second-order valence-electron chi connectivity index (χ2n) is 7.42. The summed E-state index contributed by atoms with van der Waals surface area (Å²) in [5.74, 6) is 0.0297. The Hall–Kier alpha value is -3.85. The molecule has 4 aromatic rings. The van der Waals surface area contributed by atoms with Gasteiger partial charge in [0, 0.05) is 30.6 Å². The Morgan fingerprint density at radius 1 is 0.818 bits per heavy atom. The zero-order chi connectivity index (χ0) is 23.3. The molecule has 1 N–H and O–H groups in total. The quantitative estimate of drug-likeness (QED) is 0.427. The molecule has 2 unspecified atom stereocenters. The maximum Gasteiger partial charge on any atom is 0.230 e. The van der Waals surface area contributed by atoms with Gasteiger partial charge < -0.3 is 4.74 Å². The highest BCUT2D eigenvalue weighted by molar-refractivity contribution is 7.92. The molecule has 8 nitrogen and oxygen atoms in total. The molecule has 0 aliphatic rings. The van der Waals surface area contributed by atoms with Gasteiger partial charge in [-0.1, -0.05) is 24.3 Å². The fourth-order valence-electron chi connectivity index (χ4n) is 3.74. The fraction of sp³-hybridized carbons (Fsp3) is 0.167. The number of pyridine rings is 4. The van der Waals surface area contributed by atoms with E-state index in [9.17, 15) is 8.42 Å². The Morgan fingerprint density at radius 2 is 1.58 bits per heavy atom. The number of rotatable bonds is 8. The molecule has 4 aromatic heterocycles. The highest BCUT2D eigenvalue weighted by Gasteiger charge is 2.32. The molecule has 168 valence electrons. The standard InChI is InChI=1S/C24H23N5O3S/c1-32-22-13-6-11-20(28-22)24(18-9-3-4-15-26-18)23(17-8-7-14-25-16-17)19-10-5-12-21(27-19)29-33(2,30)31/h3-16,23-24H,1-2H3,(H,27,29). The molecule has 0 radical (unpaired) electrons. The van der Waals surface area contributed by atoms with E-state index in [2.05, 4.69) is 19.7 Å². The zero-order valence-electron chi connectivity index (χ0n) is 18.2. The maximum absolute atomic E-state index is 11.8. The highest BCUT2D eigenvalue weighted by Crippen LogP contribution is 2.41. The van der Waals surface area contributed by atoms with Crippen LogP contribution < -0.4 is 9.46 Å². The van der Waals surface area contributed by atoms with Crippen LogP contribution in [-0.4, -0.2) is 41.7 Å². The molecule has 0 spiro atoms. The molecule has 0 aliphatic heterocycles. The third kappa shape index (κ3) is 5.50. The number of nitrogens with zero attached hydrogens (tertiary/aromatic N) is 4. The first-order chi connectivity index (χ1) is 15.9. The van der Waals surface area contributed by atoms with Crippen molar-refractivity contribution in [2.24, 2.45) is 0 Å². The molecule has 0 bridgehead atoms. The van der Waals surface area contributed by atoms with Gasteiger partial charge in [0.05, 0.1) is 36.4 Å². The number of aromatic nitrogens is 4. The Bertz CT molecular complexity index is 1320. The van der Waals surface area contributed by atoms with Crippen LogP contribution in [0.5, 0.6) is 5.88 Å². The number of methoxy groups -OCH3 is 1. The largest absolute Gasteiger partial charge is 0.481 e. The van der Waals surface area contributed by atoms with E-state index < -0.39 is 10.0 Å². The minimum absolute atomic E-state index is 0.238. The van der Waals surface area contributed by atoms with E-state index in [0.29, 0.717) is 11.6 Å². The summed E-state index contributed by atoms with van der Waals surface area (Å²) in [5, 5.41) is 0. The van der Waals surface area contributed by atoms with Gasteiger partial charge in [-0.05, 0) is 42.0 Å². The molecular formula is C24H23N5O3S. The molecule has 9 heteroatoms. The van der Waals surface area contributed by atoms with E-state index in [0.717, 1.165) is 23.2 Å². The number of ether oxygens (including phenoxy) is 1. The summed E-state index contributed by atoms with van der Waals surface area (Å²) >= 11 is 0. The van der Waals surface area contributed by atoms with Gasteiger partial charge in [-0.15, -0.1) is 0 Å². The fourth-order valence-corrected chi connectivity index (χ4v) is 4.23. The van der Waals surface area contributed by atoms with Gasteiger partial charge in [0.15, 0.2) is 0 Å². The Kier molecular flexibility index (Phi) is 6.60. The van der Waals surface area contributed by atoms with Crippen molar-refractivity contribution in [2.45, 2.75) is 11.8 Å². The average molecular weight is 462 g/mol. The minimum atomic E-state index is -3.48. The van der Waals surface area contributed by atoms with Gasteiger partial charge in [-0.2, -0.15) is 0 Å². The van der Waals surface area contributed by atoms with Crippen LogP contribution in [0, 0.1) is 0 Å². The third-order valence-corrected chi connectivity index (χ3v) is 5.62. The SMILES string of the molecule is COc1cccc(C(c2ccccn2)C(c2cccnc2)c2cccc(NS(C)(=O)=O)n2)n1. The summed E-state index contributed by atoms with van der Waals surface area (Å²) in [7, 11) is -1.91. The van der Waals surface area contributed by atoms with Crippen LogP contribution >= 0.6 is 0 Å². The van der Waals surface area contributed by atoms with Crippen LogP contribution in [0.2, 0.25) is 0 Å². The number of anilines is 1. The molecule has 0 amide bonds. The molecule has 0 saturated heterocycles. The minimum Gasteiger partial charge on any atom is -0.481 e. The number of sulfonamides is 1. The average Bonchev–Trinajstić information content (AvgIpc) is 2.82. The Morgan fingerprint density at radius 3 is 2.24 bits per heavy atom. The summed E-state index contributed by atoms with van der Waals surface area (Å²) in [6, 6.07) is 20.4. The molecule has 4 rings (SSSR count). The second kappa shape index (κ2) is 9.74. The van der Waals surface area contributed by atoms with Crippen molar-refractivity contribution in [1.29, 1.82) is 0 Å². The molecule has 4 heterocycles. The topological polar surface area (TPSA) is 107 Å². The van der Waals surface area contributed by atoms with Crippen molar-refractivity contribution in [2.75, 3.05) is 18.1 Å². The van der Waals surface area contributed by atoms with E-state index in [1.807, 2.05) is 48.5 Å². The molecule has 0 aromatic carbocycles. The van der Waals surface area contributed by atoms with Crippen LogP contribution in [0.3, 0.4) is 0 Å². The van der Waals surface area contributed by atoms with Crippen molar-refractivity contribution in [3.8, 4) is 5.88 Å². The summed E-state index contributed by atoms with van der Waals surface area (Å²) in [6.45, 7) is 0. The predicted molar refractivity (Wildman–Crippen MR) is 126 cm³/mol. The van der Waals surface area contributed by atoms with Crippen LogP contribution in [0.4, 0.5) is 5.82 Å². The molecule has 0 aliphatic carbocycles. The lowest BCUT2D eigenvalue weighted by molar-refractivity contribution is 0.395. The van der Waals surface area contributed by atoms with Gasteiger partial charge in [0.1, 0.15) is 5.82 Å². The first kappa shape index (κ1) is 22.3. The first-order valence-electron chi connectivity index (χ1n) is 10.2. The lowest BCUT2D eigenvalue weighted by Crippen LogP contribution is -2.19. The maximum atomic E-state index is 11.8. The summed E-state index contributed by atoms with van der Waals surface area (Å²) in [4.78, 5) is 18.3. The van der Waals surface area contributed by atoms with E-state index in [-0.39, 0.29) is 17.7 Å². The molecule has 0 fully saturated rings. The lowest BCUT2D eigenvalue weighted by atomic mass is 9.79.